The molecule has 0 spiro atoms. The van der Waals surface area contributed by atoms with Crippen molar-refractivity contribution in [2.75, 3.05) is 26.9 Å². The van der Waals surface area contributed by atoms with Gasteiger partial charge in [0.25, 0.3) is 0 Å². The van der Waals surface area contributed by atoms with Gasteiger partial charge in [0.15, 0.2) is 5.41 Å². The number of carbonyl (C=O) groups is 3. The van der Waals surface area contributed by atoms with E-state index in [0.717, 1.165) is 18.8 Å². The summed E-state index contributed by atoms with van der Waals surface area (Å²) in [5.74, 6) is -0.357. The molecule has 2 aromatic rings. The van der Waals surface area contributed by atoms with Gasteiger partial charge in [0, 0.05) is 19.7 Å². The molecule has 3 rings (SSSR count). The lowest BCUT2D eigenvalue weighted by molar-refractivity contribution is -0.138. The summed E-state index contributed by atoms with van der Waals surface area (Å²) in [6.07, 6.45) is 0.704. The molecule has 1 aliphatic heterocycles. The Bertz CT molecular complexity index is 959. The Morgan fingerprint density at radius 3 is 2.11 bits per heavy atom. The van der Waals surface area contributed by atoms with E-state index >= 15 is 0 Å². The van der Waals surface area contributed by atoms with Gasteiger partial charge in [-0.3, -0.25) is 20.2 Å². The lowest BCUT2D eigenvalue weighted by Gasteiger charge is -2.33. The number of ether oxygens (including phenoxy) is 2. The second-order valence-corrected chi connectivity index (χ2v) is 8.78. The van der Waals surface area contributed by atoms with Crippen LogP contribution < -0.4 is 20.7 Å². The van der Waals surface area contributed by atoms with Crippen molar-refractivity contribution in [1.82, 2.24) is 16.0 Å². The minimum Gasteiger partial charge on any atom is -0.491 e. The largest absolute Gasteiger partial charge is 0.491 e. The number of nitrogens with one attached hydrogen (secondary N) is 3. The van der Waals surface area contributed by atoms with Crippen LogP contribution in [0.4, 0.5) is 4.79 Å². The lowest BCUT2D eigenvalue weighted by Crippen LogP contribution is -2.64. The molecule has 0 radical (unpaired) electrons. The van der Waals surface area contributed by atoms with Gasteiger partial charge in [-0.15, -0.1) is 0 Å². The third-order valence-corrected chi connectivity index (χ3v) is 5.75. The molecule has 1 heterocycles. The van der Waals surface area contributed by atoms with Gasteiger partial charge >= 0.3 is 6.03 Å². The standard InChI is InChI=1S/C15H25NO3.C12H12N2O3/c1-12(2)16-10-14(17)11-19-15-6-4-13(5-7-15)8-9-18-3;1-2-12(8-6-4-3-5-7-8)9(15)13-11(17)14-10(12)16/h4-7,12,14,16-17H,8-11H2,1-3H3;3-7H,2H2,1H3,(H2,13,14,15,16,17). The number of hydrogen-bond acceptors (Lipinski definition) is 7. The maximum atomic E-state index is 12.0. The molecule has 1 aliphatic rings. The van der Waals surface area contributed by atoms with Gasteiger partial charge < -0.3 is 19.9 Å². The molecule has 4 N–H and O–H groups in total. The van der Waals surface area contributed by atoms with E-state index in [9.17, 15) is 19.5 Å². The number of hydrogen-bond donors (Lipinski definition) is 4. The Morgan fingerprint density at radius 1 is 0.972 bits per heavy atom. The third kappa shape index (κ3) is 8.15. The molecule has 0 aromatic heterocycles. The number of rotatable bonds is 11. The molecule has 0 saturated carbocycles. The molecule has 2 aromatic carbocycles. The minimum absolute atomic E-state index is 0.294. The third-order valence-electron chi connectivity index (χ3n) is 5.75. The highest BCUT2D eigenvalue weighted by Gasteiger charge is 2.50. The van der Waals surface area contributed by atoms with Crippen LogP contribution in [-0.2, 0) is 26.2 Å². The lowest BCUT2D eigenvalue weighted by atomic mass is 9.75. The fourth-order valence-electron chi connectivity index (χ4n) is 3.66. The second-order valence-electron chi connectivity index (χ2n) is 8.78. The van der Waals surface area contributed by atoms with Crippen LogP contribution in [0.1, 0.15) is 38.3 Å². The zero-order chi connectivity index (χ0) is 26.6. The zero-order valence-electron chi connectivity index (χ0n) is 21.4. The van der Waals surface area contributed by atoms with Crippen molar-refractivity contribution in [2.45, 2.75) is 51.2 Å². The van der Waals surface area contributed by atoms with Crippen LogP contribution in [0.3, 0.4) is 0 Å². The van der Waals surface area contributed by atoms with Crippen molar-refractivity contribution >= 4 is 17.8 Å². The van der Waals surface area contributed by atoms with Gasteiger partial charge in [-0.05, 0) is 36.1 Å². The quantitative estimate of drug-likeness (QED) is 0.350. The van der Waals surface area contributed by atoms with Crippen LogP contribution >= 0.6 is 0 Å². The summed E-state index contributed by atoms with van der Waals surface area (Å²) in [5, 5.41) is 17.2. The number of amides is 4. The number of barbiturate groups is 1. The number of methoxy groups -OCH3 is 1. The average Bonchev–Trinajstić information content (AvgIpc) is 2.86. The van der Waals surface area contributed by atoms with Gasteiger partial charge in [-0.1, -0.05) is 63.2 Å². The number of aliphatic hydroxyl groups is 1. The molecule has 1 saturated heterocycles. The fourth-order valence-corrected chi connectivity index (χ4v) is 3.66. The van der Waals surface area contributed by atoms with E-state index in [4.69, 9.17) is 9.47 Å². The number of carbonyl (C=O) groups excluding carboxylic acids is 3. The van der Waals surface area contributed by atoms with Crippen LogP contribution in [-0.4, -0.2) is 62.0 Å². The fraction of sp³-hybridized carbons (Fsp3) is 0.444. The number of urea groups is 1. The first-order valence-corrected chi connectivity index (χ1v) is 12.1. The number of aliphatic hydroxyl groups excluding tert-OH is 1. The summed E-state index contributed by atoms with van der Waals surface area (Å²) in [5.41, 5.74) is 0.496. The molecule has 1 atom stereocenters. The van der Waals surface area contributed by atoms with Gasteiger partial charge in [0.1, 0.15) is 18.5 Å². The highest BCUT2D eigenvalue weighted by molar-refractivity contribution is 6.22. The first kappa shape index (κ1) is 29.0. The van der Waals surface area contributed by atoms with Crippen molar-refractivity contribution < 1.29 is 29.0 Å². The van der Waals surface area contributed by atoms with E-state index in [2.05, 4.69) is 16.0 Å². The highest BCUT2D eigenvalue weighted by atomic mass is 16.5. The SMILES string of the molecule is CCC1(c2ccccc2)C(=O)NC(=O)NC1=O.COCCc1ccc(OCC(O)CNC(C)C)cc1. The van der Waals surface area contributed by atoms with Crippen molar-refractivity contribution in [3.63, 3.8) is 0 Å². The summed E-state index contributed by atoms with van der Waals surface area (Å²) < 4.78 is 10.6. The molecule has 9 heteroatoms. The zero-order valence-corrected chi connectivity index (χ0v) is 21.4. The van der Waals surface area contributed by atoms with E-state index in [1.54, 1.807) is 44.4 Å². The van der Waals surface area contributed by atoms with Gasteiger partial charge in [0.2, 0.25) is 11.8 Å². The monoisotopic (exact) mass is 499 g/mol. The molecule has 1 unspecified atom stereocenters. The normalized spacial score (nSPS) is 15.4. The van der Waals surface area contributed by atoms with Crippen LogP contribution in [0.15, 0.2) is 54.6 Å². The van der Waals surface area contributed by atoms with E-state index in [-0.39, 0.29) is 0 Å². The Labute approximate surface area is 212 Å². The summed E-state index contributed by atoms with van der Waals surface area (Å²) >= 11 is 0. The van der Waals surface area contributed by atoms with E-state index < -0.39 is 29.4 Å². The first-order chi connectivity index (χ1) is 17.2. The molecule has 36 heavy (non-hydrogen) atoms. The Morgan fingerprint density at radius 2 is 1.58 bits per heavy atom. The van der Waals surface area contributed by atoms with Crippen LogP contribution in [0.5, 0.6) is 5.75 Å². The summed E-state index contributed by atoms with van der Waals surface area (Å²) in [6, 6.07) is 16.2. The van der Waals surface area contributed by atoms with Crippen LogP contribution in [0.25, 0.3) is 0 Å². The average molecular weight is 500 g/mol. The summed E-state index contributed by atoms with van der Waals surface area (Å²) in [4.78, 5) is 35.0. The van der Waals surface area contributed by atoms with Gasteiger partial charge in [0.05, 0.1) is 6.61 Å². The topological polar surface area (TPSA) is 126 Å². The maximum absolute atomic E-state index is 12.0. The van der Waals surface area contributed by atoms with E-state index in [0.29, 0.717) is 31.2 Å². The first-order valence-electron chi connectivity index (χ1n) is 12.1. The Kier molecular flexibility index (Phi) is 11.5. The molecular weight excluding hydrogens is 462 g/mol. The summed E-state index contributed by atoms with van der Waals surface area (Å²) in [7, 11) is 1.70. The molecule has 4 amide bonds. The van der Waals surface area contributed by atoms with Gasteiger partial charge in [-0.25, -0.2) is 4.79 Å². The molecule has 9 nitrogen and oxygen atoms in total. The predicted molar refractivity (Wildman–Crippen MR) is 137 cm³/mol. The van der Waals surface area contributed by atoms with Crippen molar-refractivity contribution in [3.8, 4) is 5.75 Å². The van der Waals surface area contributed by atoms with Crippen molar-refractivity contribution in [2.24, 2.45) is 0 Å². The molecule has 196 valence electrons. The number of imide groups is 2. The van der Waals surface area contributed by atoms with E-state index in [1.165, 1.54) is 5.56 Å². The van der Waals surface area contributed by atoms with Crippen molar-refractivity contribution in [1.29, 1.82) is 0 Å². The number of benzene rings is 2. The van der Waals surface area contributed by atoms with Crippen LogP contribution in [0.2, 0.25) is 0 Å². The predicted octanol–water partition coefficient (Wildman–Crippen LogP) is 2.31. The highest BCUT2D eigenvalue weighted by Crippen LogP contribution is 2.30. The molecule has 1 fully saturated rings. The van der Waals surface area contributed by atoms with E-state index in [1.807, 2.05) is 38.1 Å². The van der Waals surface area contributed by atoms with Crippen LogP contribution in [0, 0.1) is 0 Å². The minimum atomic E-state index is -1.31. The molecular formula is C27H37N3O6. The second kappa shape index (κ2) is 14.3. The Balaban J connectivity index is 0.000000255. The molecule has 0 bridgehead atoms. The molecule has 0 aliphatic carbocycles. The summed E-state index contributed by atoms with van der Waals surface area (Å²) in [6.45, 7) is 7.40. The smallest absolute Gasteiger partial charge is 0.328 e. The maximum Gasteiger partial charge on any atom is 0.328 e. The Hall–Kier alpha value is -3.27. The van der Waals surface area contributed by atoms with Gasteiger partial charge in [-0.2, -0.15) is 0 Å². The van der Waals surface area contributed by atoms with Crippen molar-refractivity contribution in [3.05, 3.63) is 65.7 Å².